The molecule has 0 heterocycles. The zero-order valence-electron chi connectivity index (χ0n) is 11.8. The smallest absolute Gasteiger partial charge is 0.355 e. The molecule has 1 atom stereocenters. The SMILES string of the molecule is COP(=O)(O)OCCCCCCNC(=O)CSC(C)=O. The number of phosphoric ester groups is 1. The molecule has 0 radical (unpaired) electrons. The molecule has 9 heteroatoms. The van der Waals surface area contributed by atoms with Crippen LogP contribution in [0.15, 0.2) is 0 Å². The molecular weight excluding hydrogens is 305 g/mol. The predicted octanol–water partition coefficient (Wildman–Crippen LogP) is 1.71. The number of unbranched alkanes of at least 4 members (excludes halogenated alkanes) is 3. The van der Waals surface area contributed by atoms with Crippen molar-refractivity contribution in [3.8, 4) is 0 Å². The summed E-state index contributed by atoms with van der Waals surface area (Å²) in [7, 11) is -2.73. The Morgan fingerprint density at radius 2 is 1.90 bits per heavy atom. The highest BCUT2D eigenvalue weighted by Crippen LogP contribution is 2.41. The molecule has 1 amide bonds. The molecule has 0 spiro atoms. The van der Waals surface area contributed by atoms with Crippen molar-refractivity contribution >= 4 is 30.6 Å². The fraction of sp³-hybridized carbons (Fsp3) is 0.818. The Balaban J connectivity index is 3.35. The molecule has 7 nitrogen and oxygen atoms in total. The first-order valence-corrected chi connectivity index (χ1v) is 8.78. The van der Waals surface area contributed by atoms with Crippen molar-refractivity contribution < 1.29 is 28.1 Å². The second-order valence-corrected chi connectivity index (χ2v) is 6.74. The second kappa shape index (κ2) is 11.3. The van der Waals surface area contributed by atoms with Crippen LogP contribution in [-0.4, -0.2) is 41.9 Å². The lowest BCUT2D eigenvalue weighted by molar-refractivity contribution is -0.118. The van der Waals surface area contributed by atoms with E-state index in [1.54, 1.807) is 0 Å². The van der Waals surface area contributed by atoms with Gasteiger partial charge in [-0.25, -0.2) is 4.57 Å². The van der Waals surface area contributed by atoms with Gasteiger partial charge in [-0.15, -0.1) is 0 Å². The highest BCUT2D eigenvalue weighted by atomic mass is 32.2. The first-order chi connectivity index (χ1) is 9.37. The second-order valence-electron chi connectivity index (χ2n) is 4.03. The fourth-order valence-corrected chi connectivity index (χ4v) is 2.16. The third-order valence-electron chi connectivity index (χ3n) is 2.28. The quantitative estimate of drug-likeness (QED) is 0.440. The van der Waals surface area contributed by atoms with Crippen LogP contribution in [0.1, 0.15) is 32.6 Å². The van der Waals surface area contributed by atoms with Gasteiger partial charge in [0, 0.05) is 20.6 Å². The van der Waals surface area contributed by atoms with Gasteiger partial charge in [-0.05, 0) is 12.8 Å². The van der Waals surface area contributed by atoms with Gasteiger partial charge in [-0.2, -0.15) is 0 Å². The molecule has 1 unspecified atom stereocenters. The van der Waals surface area contributed by atoms with Gasteiger partial charge in [0.25, 0.3) is 0 Å². The Morgan fingerprint density at radius 1 is 1.25 bits per heavy atom. The number of carbonyl (C=O) groups is 2. The number of phosphoric acid groups is 1. The highest BCUT2D eigenvalue weighted by Gasteiger charge is 2.17. The lowest BCUT2D eigenvalue weighted by atomic mass is 10.2. The molecule has 20 heavy (non-hydrogen) atoms. The number of amides is 1. The van der Waals surface area contributed by atoms with E-state index in [2.05, 4.69) is 14.4 Å². The summed E-state index contributed by atoms with van der Waals surface area (Å²) < 4.78 is 19.9. The van der Waals surface area contributed by atoms with E-state index in [1.807, 2.05) is 0 Å². The molecular formula is C11H22NO6PS. The van der Waals surface area contributed by atoms with Crippen LogP contribution in [-0.2, 0) is 23.2 Å². The topological polar surface area (TPSA) is 102 Å². The third kappa shape index (κ3) is 12.6. The highest BCUT2D eigenvalue weighted by molar-refractivity contribution is 8.14. The van der Waals surface area contributed by atoms with Crippen LogP contribution in [0.5, 0.6) is 0 Å². The van der Waals surface area contributed by atoms with E-state index < -0.39 is 7.82 Å². The Kier molecular flexibility index (Phi) is 11.1. The lowest BCUT2D eigenvalue weighted by Gasteiger charge is -2.08. The molecule has 0 rings (SSSR count). The summed E-state index contributed by atoms with van der Waals surface area (Å²) in [5.41, 5.74) is 0. The normalized spacial score (nSPS) is 13.8. The van der Waals surface area contributed by atoms with Crippen LogP contribution in [0.25, 0.3) is 0 Å². The van der Waals surface area contributed by atoms with Gasteiger partial charge < -0.3 is 10.2 Å². The zero-order valence-corrected chi connectivity index (χ0v) is 13.5. The molecule has 118 valence electrons. The first-order valence-electron chi connectivity index (χ1n) is 6.30. The summed E-state index contributed by atoms with van der Waals surface area (Å²) in [6.45, 7) is 2.16. The van der Waals surface area contributed by atoms with Crippen molar-refractivity contribution in [3.05, 3.63) is 0 Å². The van der Waals surface area contributed by atoms with E-state index in [4.69, 9.17) is 4.89 Å². The van der Waals surface area contributed by atoms with Gasteiger partial charge in [0.2, 0.25) is 5.91 Å². The average molecular weight is 327 g/mol. The number of thioether (sulfide) groups is 1. The van der Waals surface area contributed by atoms with Crippen molar-refractivity contribution in [1.29, 1.82) is 0 Å². The van der Waals surface area contributed by atoms with E-state index >= 15 is 0 Å². The predicted molar refractivity (Wildman–Crippen MR) is 77.4 cm³/mol. The minimum Gasteiger partial charge on any atom is -0.355 e. The molecule has 0 bridgehead atoms. The standard InChI is InChI=1S/C11H22NO6PS/c1-10(13)20-9-11(14)12-7-5-3-4-6-8-18-19(15,16)17-2/h3-9H2,1-2H3,(H,12,14)(H,15,16). The minimum atomic E-state index is -3.85. The van der Waals surface area contributed by atoms with Crippen LogP contribution >= 0.6 is 19.6 Å². The molecule has 2 N–H and O–H groups in total. The summed E-state index contributed by atoms with van der Waals surface area (Å²) in [6, 6.07) is 0. The number of nitrogens with one attached hydrogen (secondary N) is 1. The van der Waals surface area contributed by atoms with E-state index in [1.165, 1.54) is 6.92 Å². The number of hydrogen-bond donors (Lipinski definition) is 2. The van der Waals surface area contributed by atoms with Gasteiger partial charge in [-0.3, -0.25) is 18.6 Å². The molecule has 0 aliphatic rings. The molecule has 0 aromatic carbocycles. The molecule has 0 aromatic rings. The summed E-state index contributed by atoms with van der Waals surface area (Å²) in [6.07, 6.45) is 3.19. The first kappa shape index (κ1) is 19.6. The Hall–Kier alpha value is -0.400. The zero-order chi connectivity index (χ0) is 15.4. The van der Waals surface area contributed by atoms with Crippen LogP contribution < -0.4 is 5.32 Å². The van der Waals surface area contributed by atoms with Crippen molar-refractivity contribution in [2.24, 2.45) is 0 Å². The van der Waals surface area contributed by atoms with Crippen LogP contribution in [0.2, 0.25) is 0 Å². The van der Waals surface area contributed by atoms with Gasteiger partial charge >= 0.3 is 7.82 Å². The van der Waals surface area contributed by atoms with Crippen molar-refractivity contribution in [2.75, 3.05) is 26.0 Å². The molecule has 0 aromatic heterocycles. The molecule has 0 saturated heterocycles. The van der Waals surface area contributed by atoms with Crippen LogP contribution in [0.3, 0.4) is 0 Å². The van der Waals surface area contributed by atoms with E-state index in [-0.39, 0.29) is 23.4 Å². The Bertz CT molecular complexity index is 352. The summed E-state index contributed by atoms with van der Waals surface area (Å²) in [4.78, 5) is 30.8. The maximum Gasteiger partial charge on any atom is 0.471 e. The van der Waals surface area contributed by atoms with Crippen molar-refractivity contribution in [3.63, 3.8) is 0 Å². The van der Waals surface area contributed by atoms with E-state index in [0.29, 0.717) is 13.0 Å². The number of carbonyl (C=O) groups excluding carboxylic acids is 2. The summed E-state index contributed by atoms with van der Waals surface area (Å²) in [5, 5.41) is 2.64. The third-order valence-corrected chi connectivity index (χ3v) is 4.07. The summed E-state index contributed by atoms with van der Waals surface area (Å²) in [5.74, 6) is 0.0150. The Labute approximate surface area is 123 Å². The molecule has 0 aliphatic carbocycles. The van der Waals surface area contributed by atoms with Crippen LogP contribution in [0, 0.1) is 0 Å². The maximum absolute atomic E-state index is 11.2. The van der Waals surface area contributed by atoms with E-state index in [0.717, 1.165) is 38.1 Å². The number of rotatable bonds is 11. The monoisotopic (exact) mass is 327 g/mol. The molecule has 0 saturated carbocycles. The molecule has 0 fully saturated rings. The van der Waals surface area contributed by atoms with Gasteiger partial charge in [-0.1, -0.05) is 24.6 Å². The minimum absolute atomic E-state index is 0.0719. The fourth-order valence-electron chi connectivity index (χ4n) is 1.26. The van der Waals surface area contributed by atoms with Gasteiger partial charge in [0.1, 0.15) is 0 Å². The molecule has 0 aliphatic heterocycles. The van der Waals surface area contributed by atoms with E-state index in [9.17, 15) is 14.2 Å². The maximum atomic E-state index is 11.2. The van der Waals surface area contributed by atoms with Gasteiger partial charge in [0.15, 0.2) is 5.12 Å². The van der Waals surface area contributed by atoms with Crippen molar-refractivity contribution in [1.82, 2.24) is 5.32 Å². The van der Waals surface area contributed by atoms with Crippen LogP contribution in [0.4, 0.5) is 0 Å². The largest absolute Gasteiger partial charge is 0.471 e. The lowest BCUT2D eigenvalue weighted by Crippen LogP contribution is -2.26. The summed E-state index contributed by atoms with van der Waals surface area (Å²) >= 11 is 0.989. The number of hydrogen-bond acceptors (Lipinski definition) is 6. The van der Waals surface area contributed by atoms with Crippen molar-refractivity contribution in [2.45, 2.75) is 32.6 Å². The van der Waals surface area contributed by atoms with Gasteiger partial charge in [0.05, 0.1) is 12.4 Å². The average Bonchev–Trinajstić information content (AvgIpc) is 2.39. The Morgan fingerprint density at radius 3 is 2.50 bits per heavy atom.